The Kier molecular flexibility index (Phi) is 5.39. The fourth-order valence-corrected chi connectivity index (χ4v) is 2.39. The summed E-state index contributed by atoms with van der Waals surface area (Å²) >= 11 is 0. The summed E-state index contributed by atoms with van der Waals surface area (Å²) in [6.07, 6.45) is 1.69. The molecule has 0 saturated heterocycles. The highest BCUT2D eigenvalue weighted by molar-refractivity contribution is 5.82. The van der Waals surface area contributed by atoms with E-state index in [0.717, 1.165) is 22.4 Å². The number of nitro benzene ring substituents is 1. The van der Waals surface area contributed by atoms with Crippen molar-refractivity contribution >= 4 is 17.6 Å². The normalized spacial score (nSPS) is 10.8. The Balaban J connectivity index is 1.66. The van der Waals surface area contributed by atoms with Crippen LogP contribution in [0, 0.1) is 17.0 Å². The van der Waals surface area contributed by atoms with Gasteiger partial charge >= 0.3 is 0 Å². The van der Waals surface area contributed by atoms with E-state index >= 15 is 0 Å². The first-order valence-corrected chi connectivity index (χ1v) is 8.18. The van der Waals surface area contributed by atoms with Gasteiger partial charge in [-0.1, -0.05) is 36.4 Å². The van der Waals surface area contributed by atoms with Crippen molar-refractivity contribution in [2.24, 2.45) is 4.99 Å². The Labute approximate surface area is 151 Å². The maximum atomic E-state index is 10.9. The van der Waals surface area contributed by atoms with Gasteiger partial charge in [-0.05, 0) is 47.9 Å². The third-order valence-corrected chi connectivity index (χ3v) is 3.88. The molecule has 3 rings (SSSR count). The average Bonchev–Trinajstić information content (AvgIpc) is 2.67. The van der Waals surface area contributed by atoms with Crippen molar-refractivity contribution in [3.05, 3.63) is 99.6 Å². The molecule has 0 atom stereocenters. The largest absolute Gasteiger partial charge is 0.489 e. The highest BCUT2D eigenvalue weighted by atomic mass is 16.6. The van der Waals surface area contributed by atoms with Crippen LogP contribution < -0.4 is 4.74 Å². The van der Waals surface area contributed by atoms with Gasteiger partial charge in [0, 0.05) is 18.3 Å². The lowest BCUT2D eigenvalue weighted by molar-refractivity contribution is -0.384. The van der Waals surface area contributed by atoms with Crippen molar-refractivity contribution in [2.45, 2.75) is 13.5 Å². The standard InChI is InChI=1S/C21H18N2O3/c1-16-7-10-19(23(24)25)13-21(16)22-14-17-8-11-20(12-9-17)26-15-18-5-3-2-4-6-18/h2-14H,15H2,1H3. The van der Waals surface area contributed by atoms with Gasteiger partial charge < -0.3 is 4.74 Å². The predicted molar refractivity (Wildman–Crippen MR) is 102 cm³/mol. The predicted octanol–water partition coefficient (Wildman–Crippen LogP) is 5.23. The molecule has 0 bridgehead atoms. The average molecular weight is 346 g/mol. The van der Waals surface area contributed by atoms with Crippen LogP contribution >= 0.6 is 0 Å². The van der Waals surface area contributed by atoms with Crippen molar-refractivity contribution in [1.29, 1.82) is 0 Å². The molecule has 26 heavy (non-hydrogen) atoms. The molecule has 0 N–H and O–H groups in total. The smallest absolute Gasteiger partial charge is 0.271 e. The summed E-state index contributed by atoms with van der Waals surface area (Å²) in [4.78, 5) is 14.8. The molecule has 3 aromatic rings. The van der Waals surface area contributed by atoms with Gasteiger partial charge in [0.2, 0.25) is 0 Å². The van der Waals surface area contributed by atoms with Gasteiger partial charge in [0.15, 0.2) is 0 Å². The molecule has 0 aliphatic carbocycles. The van der Waals surface area contributed by atoms with Crippen LogP contribution in [0.1, 0.15) is 16.7 Å². The first-order chi connectivity index (χ1) is 12.6. The zero-order valence-electron chi connectivity index (χ0n) is 14.3. The van der Waals surface area contributed by atoms with E-state index < -0.39 is 4.92 Å². The number of hydrogen-bond donors (Lipinski definition) is 0. The molecular formula is C21H18N2O3. The summed E-state index contributed by atoms with van der Waals surface area (Å²) in [6, 6.07) is 22.2. The van der Waals surface area contributed by atoms with Crippen molar-refractivity contribution in [2.75, 3.05) is 0 Å². The van der Waals surface area contributed by atoms with Gasteiger partial charge in [-0.3, -0.25) is 15.1 Å². The van der Waals surface area contributed by atoms with Crippen molar-refractivity contribution in [1.82, 2.24) is 0 Å². The van der Waals surface area contributed by atoms with Gasteiger partial charge in [0.05, 0.1) is 10.6 Å². The lowest BCUT2D eigenvalue weighted by atomic mass is 10.2. The third-order valence-electron chi connectivity index (χ3n) is 3.88. The number of nitro groups is 1. The zero-order chi connectivity index (χ0) is 18.4. The topological polar surface area (TPSA) is 64.7 Å². The Bertz CT molecular complexity index is 920. The fourth-order valence-electron chi connectivity index (χ4n) is 2.39. The molecule has 5 heteroatoms. The van der Waals surface area contributed by atoms with E-state index in [0.29, 0.717) is 12.3 Å². The van der Waals surface area contributed by atoms with Crippen LogP contribution in [0.25, 0.3) is 0 Å². The number of aliphatic imine (C=N–C) groups is 1. The van der Waals surface area contributed by atoms with E-state index in [1.54, 1.807) is 12.3 Å². The second-order valence-corrected chi connectivity index (χ2v) is 5.83. The minimum Gasteiger partial charge on any atom is -0.489 e. The van der Waals surface area contributed by atoms with Gasteiger partial charge in [-0.15, -0.1) is 0 Å². The van der Waals surface area contributed by atoms with Crippen molar-refractivity contribution in [3.63, 3.8) is 0 Å². The Morgan fingerprint density at radius 1 is 1.04 bits per heavy atom. The molecular weight excluding hydrogens is 328 g/mol. The first kappa shape index (κ1) is 17.4. The molecule has 0 unspecified atom stereocenters. The fraction of sp³-hybridized carbons (Fsp3) is 0.0952. The Morgan fingerprint density at radius 2 is 1.77 bits per heavy atom. The van der Waals surface area contributed by atoms with Gasteiger partial charge in [-0.25, -0.2) is 0 Å². The van der Waals surface area contributed by atoms with E-state index in [2.05, 4.69) is 4.99 Å². The minimum absolute atomic E-state index is 0.0346. The van der Waals surface area contributed by atoms with Gasteiger partial charge in [0.1, 0.15) is 12.4 Å². The molecule has 0 radical (unpaired) electrons. The first-order valence-electron chi connectivity index (χ1n) is 8.18. The van der Waals surface area contributed by atoms with Crippen LogP contribution in [0.2, 0.25) is 0 Å². The second kappa shape index (κ2) is 8.07. The molecule has 3 aromatic carbocycles. The molecule has 0 heterocycles. The summed E-state index contributed by atoms with van der Waals surface area (Å²) in [5.74, 6) is 0.775. The molecule has 0 spiro atoms. The molecule has 0 aromatic heterocycles. The number of benzene rings is 3. The van der Waals surface area contributed by atoms with Crippen LogP contribution in [0.5, 0.6) is 5.75 Å². The summed E-state index contributed by atoms with van der Waals surface area (Å²) in [7, 11) is 0. The number of nitrogens with zero attached hydrogens (tertiary/aromatic N) is 2. The number of ether oxygens (including phenoxy) is 1. The summed E-state index contributed by atoms with van der Waals surface area (Å²) in [6.45, 7) is 2.39. The van der Waals surface area contributed by atoms with Crippen molar-refractivity contribution in [3.8, 4) is 5.75 Å². The van der Waals surface area contributed by atoms with Gasteiger partial charge in [-0.2, -0.15) is 0 Å². The molecule has 5 nitrogen and oxygen atoms in total. The second-order valence-electron chi connectivity index (χ2n) is 5.83. The Morgan fingerprint density at radius 3 is 2.46 bits per heavy atom. The highest BCUT2D eigenvalue weighted by Crippen LogP contribution is 2.24. The van der Waals surface area contributed by atoms with E-state index in [4.69, 9.17) is 4.74 Å². The molecule has 0 aliphatic heterocycles. The third kappa shape index (κ3) is 4.54. The Hall–Kier alpha value is -3.47. The van der Waals surface area contributed by atoms with E-state index in [9.17, 15) is 10.1 Å². The van der Waals surface area contributed by atoms with Crippen molar-refractivity contribution < 1.29 is 9.66 Å². The van der Waals surface area contributed by atoms with E-state index in [-0.39, 0.29) is 5.69 Å². The van der Waals surface area contributed by atoms with Crippen LogP contribution in [0.4, 0.5) is 11.4 Å². The number of rotatable bonds is 6. The number of hydrogen-bond acceptors (Lipinski definition) is 4. The number of aryl methyl sites for hydroxylation is 1. The lowest BCUT2D eigenvalue weighted by Gasteiger charge is -2.06. The zero-order valence-corrected chi connectivity index (χ0v) is 14.3. The molecule has 0 fully saturated rings. The monoisotopic (exact) mass is 346 g/mol. The van der Waals surface area contributed by atoms with Crippen LogP contribution in [0.15, 0.2) is 77.8 Å². The quantitative estimate of drug-likeness (QED) is 0.348. The summed E-state index contributed by atoms with van der Waals surface area (Å²) in [5, 5.41) is 10.9. The molecule has 0 aliphatic rings. The SMILES string of the molecule is Cc1ccc([N+](=O)[O-])cc1N=Cc1ccc(OCc2ccccc2)cc1. The number of non-ortho nitro benzene ring substituents is 1. The van der Waals surface area contributed by atoms with E-state index in [1.807, 2.05) is 61.5 Å². The van der Waals surface area contributed by atoms with Crippen LogP contribution in [0.3, 0.4) is 0 Å². The molecule has 0 saturated carbocycles. The van der Waals surface area contributed by atoms with Crippen LogP contribution in [-0.2, 0) is 6.61 Å². The lowest BCUT2D eigenvalue weighted by Crippen LogP contribution is -1.95. The maximum absolute atomic E-state index is 10.9. The minimum atomic E-state index is -0.419. The molecule has 0 amide bonds. The highest BCUT2D eigenvalue weighted by Gasteiger charge is 2.07. The van der Waals surface area contributed by atoms with E-state index in [1.165, 1.54) is 12.1 Å². The summed E-state index contributed by atoms with van der Waals surface area (Å²) < 4.78 is 5.75. The van der Waals surface area contributed by atoms with Crippen LogP contribution in [-0.4, -0.2) is 11.1 Å². The molecule has 130 valence electrons. The maximum Gasteiger partial charge on any atom is 0.271 e. The van der Waals surface area contributed by atoms with Gasteiger partial charge in [0.25, 0.3) is 5.69 Å². The summed E-state index contributed by atoms with van der Waals surface area (Å²) in [5.41, 5.74) is 3.51.